The Kier molecular flexibility index (Phi) is 4.76. The van der Waals surface area contributed by atoms with Crippen molar-refractivity contribution < 1.29 is 9.90 Å². The van der Waals surface area contributed by atoms with Crippen molar-refractivity contribution in [2.75, 3.05) is 0 Å². The molecule has 0 bridgehead atoms. The molecule has 0 aliphatic heterocycles. The molecule has 3 heteroatoms. The zero-order valence-corrected chi connectivity index (χ0v) is 11.7. The maximum Gasteiger partial charge on any atom is 0.252 e. The van der Waals surface area contributed by atoms with Crippen LogP contribution in [0.3, 0.4) is 0 Å². The number of aromatic hydroxyl groups is 1. The second-order valence-corrected chi connectivity index (χ2v) is 4.74. The zero-order chi connectivity index (χ0) is 13.8. The number of phenols is 1. The Balaban J connectivity index is 2.98. The van der Waals surface area contributed by atoms with Crippen LogP contribution in [-0.4, -0.2) is 16.6 Å². The number of carbonyl (C=O) groups excluding carboxylic acids is 1. The quantitative estimate of drug-likeness (QED) is 0.840. The standard InChI is InChI=1S/C15H23NO2/c1-5-15(6-2,7-3)16-14(18)12-9-8-10-13(17)11(12)4/h8-10,17H,5-7H2,1-4H3,(H,16,18). The Morgan fingerprint density at radius 1 is 1.22 bits per heavy atom. The summed E-state index contributed by atoms with van der Waals surface area (Å²) in [6.45, 7) is 8.02. The van der Waals surface area contributed by atoms with Crippen molar-refractivity contribution in [3.63, 3.8) is 0 Å². The molecule has 100 valence electrons. The van der Waals surface area contributed by atoms with Crippen LogP contribution in [0.1, 0.15) is 56.0 Å². The van der Waals surface area contributed by atoms with Gasteiger partial charge in [-0.15, -0.1) is 0 Å². The summed E-state index contributed by atoms with van der Waals surface area (Å²) in [6.07, 6.45) is 2.72. The number of hydrogen-bond donors (Lipinski definition) is 2. The third-order valence-electron chi connectivity index (χ3n) is 3.96. The van der Waals surface area contributed by atoms with Crippen LogP contribution in [0.5, 0.6) is 5.75 Å². The van der Waals surface area contributed by atoms with Gasteiger partial charge in [0.15, 0.2) is 0 Å². The Morgan fingerprint density at radius 2 is 1.78 bits per heavy atom. The number of phenolic OH excluding ortho intramolecular Hbond substituents is 1. The van der Waals surface area contributed by atoms with Crippen molar-refractivity contribution in [1.29, 1.82) is 0 Å². The van der Waals surface area contributed by atoms with E-state index in [4.69, 9.17) is 0 Å². The van der Waals surface area contributed by atoms with E-state index < -0.39 is 0 Å². The molecule has 0 fully saturated rings. The third kappa shape index (κ3) is 2.84. The maximum atomic E-state index is 12.3. The maximum absolute atomic E-state index is 12.3. The van der Waals surface area contributed by atoms with Crippen LogP contribution in [-0.2, 0) is 0 Å². The summed E-state index contributed by atoms with van der Waals surface area (Å²) in [4.78, 5) is 12.3. The van der Waals surface area contributed by atoms with E-state index in [2.05, 4.69) is 26.1 Å². The van der Waals surface area contributed by atoms with Gasteiger partial charge in [-0.3, -0.25) is 4.79 Å². The minimum absolute atomic E-state index is 0.103. The van der Waals surface area contributed by atoms with E-state index >= 15 is 0 Å². The lowest BCUT2D eigenvalue weighted by molar-refractivity contribution is 0.0887. The SMILES string of the molecule is CCC(CC)(CC)NC(=O)c1cccc(O)c1C. The lowest BCUT2D eigenvalue weighted by Crippen LogP contribution is -2.47. The van der Waals surface area contributed by atoms with Gasteiger partial charge in [0.2, 0.25) is 0 Å². The molecule has 1 amide bonds. The van der Waals surface area contributed by atoms with Crippen LogP contribution < -0.4 is 5.32 Å². The van der Waals surface area contributed by atoms with Gasteiger partial charge in [-0.05, 0) is 38.3 Å². The first-order chi connectivity index (χ1) is 8.49. The van der Waals surface area contributed by atoms with Gasteiger partial charge in [-0.1, -0.05) is 26.8 Å². The van der Waals surface area contributed by atoms with Crippen molar-refractivity contribution >= 4 is 5.91 Å². The van der Waals surface area contributed by atoms with Crippen molar-refractivity contribution in [3.8, 4) is 5.75 Å². The van der Waals surface area contributed by atoms with Crippen LogP contribution in [0.15, 0.2) is 18.2 Å². The van der Waals surface area contributed by atoms with Gasteiger partial charge >= 0.3 is 0 Å². The second kappa shape index (κ2) is 5.89. The van der Waals surface area contributed by atoms with E-state index in [0.717, 1.165) is 19.3 Å². The molecule has 0 aromatic heterocycles. The molecule has 0 radical (unpaired) electrons. The predicted octanol–water partition coefficient (Wildman–Crippen LogP) is 3.40. The summed E-state index contributed by atoms with van der Waals surface area (Å²) in [7, 11) is 0. The highest BCUT2D eigenvalue weighted by Crippen LogP contribution is 2.23. The van der Waals surface area contributed by atoms with Crippen molar-refractivity contribution in [1.82, 2.24) is 5.32 Å². The molecular weight excluding hydrogens is 226 g/mol. The van der Waals surface area contributed by atoms with Gasteiger partial charge in [0, 0.05) is 16.7 Å². The van der Waals surface area contributed by atoms with Crippen molar-refractivity contribution in [2.45, 2.75) is 52.5 Å². The average molecular weight is 249 g/mol. The number of nitrogens with one attached hydrogen (secondary N) is 1. The average Bonchev–Trinajstić information content (AvgIpc) is 2.39. The highest BCUT2D eigenvalue weighted by molar-refractivity contribution is 5.96. The summed E-state index contributed by atoms with van der Waals surface area (Å²) in [5, 5.41) is 12.8. The molecule has 2 N–H and O–H groups in total. The Morgan fingerprint density at radius 3 is 2.28 bits per heavy atom. The normalized spacial score (nSPS) is 11.3. The Hall–Kier alpha value is -1.51. The smallest absolute Gasteiger partial charge is 0.252 e. The fourth-order valence-corrected chi connectivity index (χ4v) is 2.19. The predicted molar refractivity (Wildman–Crippen MR) is 73.9 cm³/mol. The number of hydrogen-bond acceptors (Lipinski definition) is 2. The highest BCUT2D eigenvalue weighted by atomic mass is 16.3. The zero-order valence-electron chi connectivity index (χ0n) is 11.7. The van der Waals surface area contributed by atoms with Crippen LogP contribution >= 0.6 is 0 Å². The van der Waals surface area contributed by atoms with Gasteiger partial charge in [0.25, 0.3) is 5.91 Å². The Bertz CT molecular complexity index is 414. The van der Waals surface area contributed by atoms with Crippen molar-refractivity contribution in [2.24, 2.45) is 0 Å². The largest absolute Gasteiger partial charge is 0.508 e. The minimum Gasteiger partial charge on any atom is -0.508 e. The topological polar surface area (TPSA) is 49.3 Å². The number of rotatable bonds is 5. The van der Waals surface area contributed by atoms with E-state index in [0.29, 0.717) is 11.1 Å². The first-order valence-electron chi connectivity index (χ1n) is 6.60. The molecule has 0 aliphatic carbocycles. The monoisotopic (exact) mass is 249 g/mol. The minimum atomic E-state index is -0.144. The number of carbonyl (C=O) groups is 1. The van der Waals surface area contributed by atoms with E-state index in [1.54, 1.807) is 25.1 Å². The van der Waals surface area contributed by atoms with Gasteiger partial charge in [0.1, 0.15) is 5.75 Å². The third-order valence-corrected chi connectivity index (χ3v) is 3.96. The summed E-state index contributed by atoms with van der Waals surface area (Å²) in [6, 6.07) is 5.04. The summed E-state index contributed by atoms with van der Waals surface area (Å²) in [5.74, 6) is 0.0618. The van der Waals surface area contributed by atoms with Crippen LogP contribution in [0.2, 0.25) is 0 Å². The molecule has 0 atom stereocenters. The number of amides is 1. The molecular formula is C15H23NO2. The first-order valence-corrected chi connectivity index (χ1v) is 6.60. The molecule has 0 saturated heterocycles. The van der Waals surface area contributed by atoms with Gasteiger partial charge in [-0.2, -0.15) is 0 Å². The second-order valence-electron chi connectivity index (χ2n) is 4.74. The molecule has 3 nitrogen and oxygen atoms in total. The molecule has 18 heavy (non-hydrogen) atoms. The van der Waals surface area contributed by atoms with Gasteiger partial charge in [0.05, 0.1) is 0 Å². The van der Waals surface area contributed by atoms with Gasteiger partial charge < -0.3 is 10.4 Å². The molecule has 1 aromatic carbocycles. The van der Waals surface area contributed by atoms with Crippen LogP contribution in [0, 0.1) is 6.92 Å². The molecule has 0 saturated carbocycles. The highest BCUT2D eigenvalue weighted by Gasteiger charge is 2.26. The van der Waals surface area contributed by atoms with E-state index in [-0.39, 0.29) is 17.2 Å². The van der Waals surface area contributed by atoms with E-state index in [1.807, 2.05) is 0 Å². The van der Waals surface area contributed by atoms with E-state index in [1.165, 1.54) is 0 Å². The van der Waals surface area contributed by atoms with Gasteiger partial charge in [-0.25, -0.2) is 0 Å². The fourth-order valence-electron chi connectivity index (χ4n) is 2.19. The lowest BCUT2D eigenvalue weighted by Gasteiger charge is -2.32. The van der Waals surface area contributed by atoms with Crippen LogP contribution in [0.25, 0.3) is 0 Å². The summed E-state index contributed by atoms with van der Waals surface area (Å²) >= 11 is 0. The lowest BCUT2D eigenvalue weighted by atomic mass is 9.89. The summed E-state index contributed by atoms with van der Waals surface area (Å²) < 4.78 is 0. The molecule has 1 rings (SSSR count). The molecule has 0 spiro atoms. The molecule has 0 unspecified atom stereocenters. The number of benzene rings is 1. The summed E-state index contributed by atoms with van der Waals surface area (Å²) in [5.41, 5.74) is 1.04. The van der Waals surface area contributed by atoms with Crippen LogP contribution in [0.4, 0.5) is 0 Å². The molecule has 0 aliphatic rings. The Labute approximate surface area is 109 Å². The molecule has 1 aromatic rings. The van der Waals surface area contributed by atoms with Crippen molar-refractivity contribution in [3.05, 3.63) is 29.3 Å². The van der Waals surface area contributed by atoms with E-state index in [9.17, 15) is 9.90 Å². The molecule has 0 heterocycles. The fraction of sp³-hybridized carbons (Fsp3) is 0.533. The first kappa shape index (κ1) is 14.6.